The maximum atomic E-state index is 9.20. The van der Waals surface area contributed by atoms with E-state index in [0.717, 1.165) is 17.9 Å². The van der Waals surface area contributed by atoms with Crippen molar-refractivity contribution in [3.63, 3.8) is 0 Å². The van der Waals surface area contributed by atoms with Gasteiger partial charge in [-0.15, -0.1) is 0 Å². The van der Waals surface area contributed by atoms with Crippen molar-refractivity contribution in [1.29, 1.82) is 5.26 Å². The van der Waals surface area contributed by atoms with Gasteiger partial charge in [0.2, 0.25) is 0 Å². The molecule has 0 amide bonds. The summed E-state index contributed by atoms with van der Waals surface area (Å²) < 4.78 is 7.58. The first-order valence-electron chi connectivity index (χ1n) is 6.73. The quantitative estimate of drug-likeness (QED) is 0.855. The van der Waals surface area contributed by atoms with Gasteiger partial charge in [0, 0.05) is 25.2 Å². The van der Waals surface area contributed by atoms with Crippen molar-refractivity contribution in [2.45, 2.75) is 6.10 Å². The Hall–Kier alpha value is -2.03. The molecular weight excluding hydrogens is 288 g/mol. The van der Waals surface area contributed by atoms with Crippen LogP contribution in [0.3, 0.4) is 0 Å². The summed E-state index contributed by atoms with van der Waals surface area (Å²) in [6.07, 6.45) is 1.54. The van der Waals surface area contributed by atoms with Crippen molar-refractivity contribution in [3.05, 3.63) is 46.6 Å². The van der Waals surface area contributed by atoms with E-state index in [0.29, 0.717) is 23.7 Å². The Kier molecular flexibility index (Phi) is 3.82. The van der Waals surface area contributed by atoms with Gasteiger partial charge in [0.05, 0.1) is 12.8 Å². The fourth-order valence-corrected chi connectivity index (χ4v) is 2.83. The van der Waals surface area contributed by atoms with Crippen LogP contribution in [0.4, 0.5) is 5.82 Å². The van der Waals surface area contributed by atoms with E-state index < -0.39 is 0 Å². The summed E-state index contributed by atoms with van der Waals surface area (Å²) in [4.78, 5) is 2.14. The Morgan fingerprint density at radius 3 is 3.10 bits per heavy atom. The summed E-state index contributed by atoms with van der Waals surface area (Å²) in [6.45, 7) is 2.02. The van der Waals surface area contributed by atoms with E-state index >= 15 is 0 Å². The molecule has 0 N–H and O–H groups in total. The Labute approximate surface area is 128 Å². The number of halogens is 1. The van der Waals surface area contributed by atoms with E-state index in [1.807, 2.05) is 31.3 Å². The van der Waals surface area contributed by atoms with Crippen LogP contribution in [-0.4, -0.2) is 29.5 Å². The highest BCUT2D eigenvalue weighted by Gasteiger charge is 2.26. The predicted molar refractivity (Wildman–Crippen MR) is 80.3 cm³/mol. The van der Waals surface area contributed by atoms with E-state index in [4.69, 9.17) is 16.3 Å². The van der Waals surface area contributed by atoms with Gasteiger partial charge in [-0.25, -0.2) is 0 Å². The molecule has 1 aromatic heterocycles. The standard InChI is InChI=1S/C15H15ClN4O/c1-19-15(12(8-17)9-18-19)20-5-6-21-14(10-20)11-3-2-4-13(16)7-11/h2-4,7,9,14H,5-6,10H2,1H3. The molecule has 21 heavy (non-hydrogen) atoms. The molecule has 1 aromatic carbocycles. The zero-order chi connectivity index (χ0) is 14.8. The SMILES string of the molecule is Cn1ncc(C#N)c1N1CCOC(c2cccc(Cl)c2)C1. The Bertz CT molecular complexity index is 691. The summed E-state index contributed by atoms with van der Waals surface area (Å²) in [5.41, 5.74) is 1.64. The van der Waals surface area contributed by atoms with Gasteiger partial charge < -0.3 is 9.64 Å². The first-order chi connectivity index (χ1) is 10.2. The maximum Gasteiger partial charge on any atom is 0.144 e. The maximum absolute atomic E-state index is 9.20. The van der Waals surface area contributed by atoms with Crippen molar-refractivity contribution >= 4 is 17.4 Å². The molecule has 1 saturated heterocycles. The molecule has 1 fully saturated rings. The fraction of sp³-hybridized carbons (Fsp3) is 0.333. The average Bonchev–Trinajstić information content (AvgIpc) is 2.88. The lowest BCUT2D eigenvalue weighted by atomic mass is 10.1. The lowest BCUT2D eigenvalue weighted by Gasteiger charge is -2.34. The van der Waals surface area contributed by atoms with Crippen LogP contribution in [0.15, 0.2) is 30.5 Å². The first-order valence-corrected chi connectivity index (χ1v) is 7.11. The lowest BCUT2D eigenvalue weighted by Crippen LogP contribution is -2.39. The molecule has 6 heteroatoms. The third-order valence-electron chi connectivity index (χ3n) is 3.61. The molecule has 1 aliphatic heterocycles. The topological polar surface area (TPSA) is 54.1 Å². The number of anilines is 1. The van der Waals surface area contributed by atoms with Crippen LogP contribution in [-0.2, 0) is 11.8 Å². The highest BCUT2D eigenvalue weighted by atomic mass is 35.5. The number of nitriles is 1. The number of hydrogen-bond donors (Lipinski definition) is 0. The molecule has 0 bridgehead atoms. The second-order valence-corrected chi connectivity index (χ2v) is 5.41. The van der Waals surface area contributed by atoms with Gasteiger partial charge in [0.25, 0.3) is 0 Å². The van der Waals surface area contributed by atoms with Gasteiger partial charge in [0.15, 0.2) is 0 Å². The van der Waals surface area contributed by atoms with Crippen molar-refractivity contribution in [2.75, 3.05) is 24.6 Å². The van der Waals surface area contributed by atoms with Crippen molar-refractivity contribution < 1.29 is 4.74 Å². The molecule has 3 rings (SSSR count). The largest absolute Gasteiger partial charge is 0.370 e. The van der Waals surface area contributed by atoms with Crippen molar-refractivity contribution in [2.24, 2.45) is 7.05 Å². The van der Waals surface area contributed by atoms with Crippen LogP contribution in [0.1, 0.15) is 17.2 Å². The number of hydrogen-bond acceptors (Lipinski definition) is 4. The van der Waals surface area contributed by atoms with E-state index in [1.165, 1.54) is 0 Å². The summed E-state index contributed by atoms with van der Waals surface area (Å²) in [6, 6.07) is 9.89. The Morgan fingerprint density at radius 1 is 1.48 bits per heavy atom. The number of benzene rings is 1. The van der Waals surface area contributed by atoms with Crippen LogP contribution in [0.2, 0.25) is 5.02 Å². The van der Waals surface area contributed by atoms with Gasteiger partial charge in [-0.2, -0.15) is 10.4 Å². The summed E-state index contributed by atoms with van der Waals surface area (Å²) in [5, 5.41) is 14.1. The van der Waals surface area contributed by atoms with Crippen LogP contribution >= 0.6 is 11.6 Å². The number of aromatic nitrogens is 2. The number of ether oxygens (including phenoxy) is 1. The van der Waals surface area contributed by atoms with Crippen LogP contribution in [0.25, 0.3) is 0 Å². The summed E-state index contributed by atoms with van der Waals surface area (Å²) in [5.74, 6) is 0.841. The minimum atomic E-state index is -0.0566. The van der Waals surface area contributed by atoms with E-state index in [9.17, 15) is 5.26 Å². The first kappa shape index (κ1) is 13.9. The molecule has 5 nitrogen and oxygen atoms in total. The molecule has 1 aliphatic rings. The molecule has 1 unspecified atom stereocenters. The zero-order valence-electron chi connectivity index (χ0n) is 11.7. The number of rotatable bonds is 2. The van der Waals surface area contributed by atoms with Crippen molar-refractivity contribution in [1.82, 2.24) is 9.78 Å². The lowest BCUT2D eigenvalue weighted by molar-refractivity contribution is 0.0393. The average molecular weight is 303 g/mol. The minimum Gasteiger partial charge on any atom is -0.370 e. The fourth-order valence-electron chi connectivity index (χ4n) is 2.64. The molecular formula is C15H15ClN4O. The normalized spacial score (nSPS) is 18.5. The smallest absolute Gasteiger partial charge is 0.144 e. The van der Waals surface area contributed by atoms with Gasteiger partial charge in [-0.05, 0) is 17.7 Å². The second kappa shape index (κ2) is 5.76. The summed E-state index contributed by atoms with van der Waals surface area (Å²) in [7, 11) is 1.85. The highest BCUT2D eigenvalue weighted by molar-refractivity contribution is 6.30. The third-order valence-corrected chi connectivity index (χ3v) is 3.85. The molecule has 0 radical (unpaired) electrons. The second-order valence-electron chi connectivity index (χ2n) is 4.98. The Balaban J connectivity index is 1.86. The van der Waals surface area contributed by atoms with Crippen LogP contribution in [0, 0.1) is 11.3 Å². The van der Waals surface area contributed by atoms with E-state index in [2.05, 4.69) is 16.1 Å². The molecule has 108 valence electrons. The highest BCUT2D eigenvalue weighted by Crippen LogP contribution is 2.28. The van der Waals surface area contributed by atoms with E-state index in [-0.39, 0.29) is 6.10 Å². The van der Waals surface area contributed by atoms with Crippen LogP contribution in [0.5, 0.6) is 0 Å². The zero-order valence-corrected chi connectivity index (χ0v) is 12.4. The molecule has 2 aromatic rings. The monoisotopic (exact) mass is 302 g/mol. The van der Waals surface area contributed by atoms with E-state index in [1.54, 1.807) is 10.9 Å². The summed E-state index contributed by atoms with van der Waals surface area (Å²) >= 11 is 6.05. The third kappa shape index (κ3) is 2.73. The number of morpholine rings is 1. The molecule has 0 saturated carbocycles. The van der Waals surface area contributed by atoms with Gasteiger partial charge in [-0.3, -0.25) is 4.68 Å². The van der Waals surface area contributed by atoms with Crippen molar-refractivity contribution in [3.8, 4) is 6.07 Å². The van der Waals surface area contributed by atoms with Gasteiger partial charge >= 0.3 is 0 Å². The minimum absolute atomic E-state index is 0.0566. The predicted octanol–water partition coefficient (Wildman–Crippen LogP) is 2.52. The molecule has 0 aliphatic carbocycles. The molecule has 1 atom stereocenters. The van der Waals surface area contributed by atoms with Gasteiger partial charge in [0.1, 0.15) is 23.6 Å². The van der Waals surface area contributed by atoms with Crippen LogP contribution < -0.4 is 4.90 Å². The number of aryl methyl sites for hydroxylation is 1. The molecule has 0 spiro atoms. The van der Waals surface area contributed by atoms with Gasteiger partial charge in [-0.1, -0.05) is 23.7 Å². The Morgan fingerprint density at radius 2 is 2.33 bits per heavy atom. The number of nitrogens with zero attached hydrogens (tertiary/aromatic N) is 4. The molecule has 2 heterocycles.